The summed E-state index contributed by atoms with van der Waals surface area (Å²) in [5.41, 5.74) is 8.31. The second-order valence-corrected chi connectivity index (χ2v) is 3.30. The summed E-state index contributed by atoms with van der Waals surface area (Å²) in [6.45, 7) is 2.42. The molecule has 1 amide bonds. The van der Waals surface area contributed by atoms with Crippen molar-refractivity contribution in [2.24, 2.45) is 5.73 Å². The Morgan fingerprint density at radius 1 is 1.57 bits per heavy atom. The maximum Gasteiger partial charge on any atom is 0.239 e. The minimum atomic E-state index is -0.199. The van der Waals surface area contributed by atoms with Gasteiger partial charge in [0, 0.05) is 12.2 Å². The molecule has 1 aromatic rings. The van der Waals surface area contributed by atoms with Gasteiger partial charge >= 0.3 is 0 Å². The summed E-state index contributed by atoms with van der Waals surface area (Å²) < 4.78 is 0. The van der Waals surface area contributed by atoms with Gasteiger partial charge in [0.2, 0.25) is 5.91 Å². The van der Waals surface area contributed by atoms with Crippen LogP contribution in [0.1, 0.15) is 11.1 Å². The van der Waals surface area contributed by atoms with E-state index in [0.29, 0.717) is 6.54 Å². The Bertz CT molecular complexity index is 339. The van der Waals surface area contributed by atoms with Crippen LogP contribution in [0.5, 0.6) is 0 Å². The number of nitrogens with two attached hydrogens (primary N) is 1. The lowest BCUT2D eigenvalue weighted by Gasteiger charge is -2.08. The average molecular weight is 213 g/mol. The van der Waals surface area contributed by atoms with Crippen molar-refractivity contribution in [1.82, 2.24) is 0 Å². The van der Waals surface area contributed by atoms with Crippen LogP contribution in [0.25, 0.3) is 0 Å². The highest BCUT2D eigenvalue weighted by atomic mass is 35.5. The minimum absolute atomic E-state index is 0.0297. The van der Waals surface area contributed by atoms with Crippen LogP contribution in [0, 0.1) is 6.92 Å². The zero-order valence-electron chi connectivity index (χ0n) is 8.01. The normalized spacial score (nSPS) is 9.93. The van der Waals surface area contributed by atoms with Crippen LogP contribution in [0.2, 0.25) is 0 Å². The van der Waals surface area contributed by atoms with Crippen molar-refractivity contribution >= 4 is 23.2 Å². The molecule has 0 fully saturated rings. The molecule has 0 aliphatic heterocycles. The summed E-state index contributed by atoms with van der Waals surface area (Å²) in [4.78, 5) is 11.0. The Kier molecular flexibility index (Phi) is 3.92. The molecule has 0 saturated carbocycles. The maximum absolute atomic E-state index is 11.0. The average Bonchev–Trinajstić information content (AvgIpc) is 2.20. The van der Waals surface area contributed by atoms with E-state index in [-0.39, 0.29) is 11.8 Å². The van der Waals surface area contributed by atoms with E-state index in [1.165, 1.54) is 0 Å². The quantitative estimate of drug-likeness (QED) is 0.749. The number of anilines is 1. The number of nitrogens with one attached hydrogen (secondary N) is 1. The number of rotatable bonds is 3. The number of benzene rings is 1. The number of halogens is 1. The topological polar surface area (TPSA) is 55.1 Å². The van der Waals surface area contributed by atoms with Crippen molar-refractivity contribution in [3.05, 3.63) is 29.3 Å². The van der Waals surface area contributed by atoms with E-state index in [4.69, 9.17) is 17.3 Å². The highest BCUT2D eigenvalue weighted by molar-refractivity contribution is 6.29. The number of hydrogen-bond donors (Lipinski definition) is 2. The fourth-order valence-electron chi connectivity index (χ4n) is 1.18. The molecule has 14 heavy (non-hydrogen) atoms. The van der Waals surface area contributed by atoms with Gasteiger partial charge in [-0.15, -0.1) is 11.6 Å². The highest BCUT2D eigenvalue weighted by Crippen LogP contribution is 2.16. The van der Waals surface area contributed by atoms with Crippen molar-refractivity contribution in [3.63, 3.8) is 0 Å². The van der Waals surface area contributed by atoms with E-state index < -0.39 is 0 Å². The van der Waals surface area contributed by atoms with Crippen LogP contribution in [-0.2, 0) is 11.3 Å². The van der Waals surface area contributed by atoms with Gasteiger partial charge in [-0.1, -0.05) is 12.1 Å². The van der Waals surface area contributed by atoms with Gasteiger partial charge in [0.1, 0.15) is 5.88 Å². The van der Waals surface area contributed by atoms with E-state index in [0.717, 1.165) is 16.8 Å². The second kappa shape index (κ2) is 4.98. The van der Waals surface area contributed by atoms with Gasteiger partial charge in [0.25, 0.3) is 0 Å². The summed E-state index contributed by atoms with van der Waals surface area (Å²) in [6.07, 6.45) is 0. The third kappa shape index (κ3) is 2.72. The maximum atomic E-state index is 11.0. The fraction of sp³-hybridized carbons (Fsp3) is 0.300. The van der Waals surface area contributed by atoms with Crippen LogP contribution < -0.4 is 11.1 Å². The molecule has 0 heterocycles. The molecule has 3 N–H and O–H groups in total. The van der Waals surface area contributed by atoms with Crippen LogP contribution in [-0.4, -0.2) is 11.8 Å². The van der Waals surface area contributed by atoms with Gasteiger partial charge < -0.3 is 11.1 Å². The Balaban J connectivity index is 2.83. The molecular weight excluding hydrogens is 200 g/mol. The molecule has 0 atom stereocenters. The number of carbonyl (C=O) groups excluding carboxylic acids is 1. The minimum Gasteiger partial charge on any atom is -0.326 e. The zero-order valence-corrected chi connectivity index (χ0v) is 8.77. The zero-order chi connectivity index (χ0) is 10.6. The number of aryl methyl sites for hydroxylation is 1. The van der Waals surface area contributed by atoms with Crippen molar-refractivity contribution in [1.29, 1.82) is 0 Å². The Labute approximate surface area is 88.2 Å². The van der Waals surface area contributed by atoms with Crippen molar-refractivity contribution < 1.29 is 4.79 Å². The van der Waals surface area contributed by atoms with Gasteiger partial charge in [-0.3, -0.25) is 4.79 Å². The number of carbonyl (C=O) groups is 1. The van der Waals surface area contributed by atoms with E-state index in [9.17, 15) is 4.79 Å². The van der Waals surface area contributed by atoms with Crippen LogP contribution in [0.3, 0.4) is 0 Å². The number of amides is 1. The van der Waals surface area contributed by atoms with Gasteiger partial charge in [0.05, 0.1) is 0 Å². The second-order valence-electron chi connectivity index (χ2n) is 3.04. The molecule has 0 radical (unpaired) electrons. The van der Waals surface area contributed by atoms with E-state index in [2.05, 4.69) is 5.32 Å². The molecule has 0 spiro atoms. The molecule has 1 aromatic carbocycles. The summed E-state index contributed by atoms with van der Waals surface area (Å²) in [6, 6.07) is 5.67. The number of hydrogen-bond acceptors (Lipinski definition) is 2. The molecule has 0 aromatic heterocycles. The largest absolute Gasteiger partial charge is 0.326 e. The lowest BCUT2D eigenvalue weighted by Crippen LogP contribution is -2.13. The first-order valence-electron chi connectivity index (χ1n) is 4.32. The molecule has 0 bridgehead atoms. The Morgan fingerprint density at radius 3 is 2.79 bits per heavy atom. The first-order valence-corrected chi connectivity index (χ1v) is 4.86. The lowest BCUT2D eigenvalue weighted by atomic mass is 10.1. The molecular formula is C10H13ClN2O. The summed E-state index contributed by atoms with van der Waals surface area (Å²) in [7, 11) is 0. The molecule has 0 saturated heterocycles. The molecule has 3 nitrogen and oxygen atoms in total. The SMILES string of the molecule is Cc1cc(CN)ccc1NC(=O)CCl. The first kappa shape index (κ1) is 11.0. The molecule has 1 rings (SSSR count). The molecule has 0 aliphatic carbocycles. The smallest absolute Gasteiger partial charge is 0.239 e. The van der Waals surface area contributed by atoms with Crippen molar-refractivity contribution in [2.75, 3.05) is 11.2 Å². The molecule has 0 aliphatic rings. The predicted molar refractivity (Wildman–Crippen MR) is 58.4 cm³/mol. The Morgan fingerprint density at radius 2 is 2.29 bits per heavy atom. The number of alkyl halides is 1. The molecule has 4 heteroatoms. The van der Waals surface area contributed by atoms with E-state index in [1.807, 2.05) is 25.1 Å². The van der Waals surface area contributed by atoms with Gasteiger partial charge in [-0.25, -0.2) is 0 Å². The monoisotopic (exact) mass is 212 g/mol. The van der Waals surface area contributed by atoms with E-state index >= 15 is 0 Å². The fourth-order valence-corrected chi connectivity index (χ4v) is 1.24. The summed E-state index contributed by atoms with van der Waals surface area (Å²) in [5, 5.41) is 2.70. The predicted octanol–water partition coefficient (Wildman–Crippen LogP) is 1.63. The van der Waals surface area contributed by atoms with Gasteiger partial charge in [-0.2, -0.15) is 0 Å². The highest BCUT2D eigenvalue weighted by Gasteiger charge is 2.03. The van der Waals surface area contributed by atoms with Gasteiger partial charge in [0.15, 0.2) is 0 Å². The van der Waals surface area contributed by atoms with Crippen LogP contribution in [0.4, 0.5) is 5.69 Å². The third-order valence-electron chi connectivity index (χ3n) is 1.92. The first-order chi connectivity index (χ1) is 6.67. The van der Waals surface area contributed by atoms with Gasteiger partial charge in [-0.05, 0) is 24.1 Å². The molecule has 0 unspecified atom stereocenters. The van der Waals surface area contributed by atoms with Crippen molar-refractivity contribution in [2.45, 2.75) is 13.5 Å². The van der Waals surface area contributed by atoms with Crippen molar-refractivity contribution in [3.8, 4) is 0 Å². The summed E-state index contributed by atoms with van der Waals surface area (Å²) in [5.74, 6) is -0.229. The molecule has 76 valence electrons. The Hall–Kier alpha value is -1.06. The summed E-state index contributed by atoms with van der Waals surface area (Å²) >= 11 is 5.38. The van der Waals surface area contributed by atoms with Crippen LogP contribution >= 0.6 is 11.6 Å². The standard InChI is InChI=1S/C10H13ClN2O/c1-7-4-8(6-12)2-3-9(7)13-10(14)5-11/h2-4H,5-6,12H2,1H3,(H,13,14). The van der Waals surface area contributed by atoms with E-state index in [1.54, 1.807) is 0 Å². The van der Waals surface area contributed by atoms with Crippen LogP contribution in [0.15, 0.2) is 18.2 Å². The third-order valence-corrected chi connectivity index (χ3v) is 2.16. The lowest BCUT2D eigenvalue weighted by molar-refractivity contribution is -0.113.